The summed E-state index contributed by atoms with van der Waals surface area (Å²) in [5.41, 5.74) is 7.03. The zero-order valence-corrected chi connectivity index (χ0v) is 12.1. The largest absolute Gasteiger partial charge is 0.496 e. The molecule has 0 saturated heterocycles. The van der Waals surface area contributed by atoms with Gasteiger partial charge in [0.2, 0.25) is 0 Å². The van der Waals surface area contributed by atoms with Crippen molar-refractivity contribution in [2.75, 3.05) is 21.3 Å². The molecule has 20 heavy (non-hydrogen) atoms. The molecule has 1 aromatic heterocycles. The third-order valence-electron chi connectivity index (χ3n) is 3.14. The minimum atomic E-state index is -0.432. The van der Waals surface area contributed by atoms with Crippen molar-refractivity contribution in [1.29, 1.82) is 0 Å². The summed E-state index contributed by atoms with van der Waals surface area (Å²) in [4.78, 5) is 0. The number of hydrogen-bond donors (Lipinski definition) is 1. The van der Waals surface area contributed by atoms with Crippen LogP contribution < -0.4 is 19.9 Å². The molecule has 0 fully saturated rings. The first-order valence-electron chi connectivity index (χ1n) is 6.22. The molecule has 0 spiro atoms. The molecule has 0 radical (unpaired) electrons. The zero-order valence-electron chi connectivity index (χ0n) is 12.1. The highest BCUT2D eigenvalue weighted by molar-refractivity contribution is 5.53. The van der Waals surface area contributed by atoms with Crippen LogP contribution in [0.15, 0.2) is 28.7 Å². The van der Waals surface area contributed by atoms with Crippen LogP contribution in [0.4, 0.5) is 0 Å². The average molecular weight is 277 g/mol. The molecule has 5 nitrogen and oxygen atoms in total. The average Bonchev–Trinajstić information content (AvgIpc) is 2.91. The van der Waals surface area contributed by atoms with E-state index in [2.05, 4.69) is 0 Å². The number of ether oxygens (including phenoxy) is 3. The molecule has 1 heterocycles. The second kappa shape index (κ2) is 5.88. The summed E-state index contributed by atoms with van der Waals surface area (Å²) in [6.45, 7) is 1.88. The Balaban J connectivity index is 2.49. The van der Waals surface area contributed by atoms with Gasteiger partial charge in [-0.3, -0.25) is 0 Å². The third kappa shape index (κ3) is 2.58. The number of benzene rings is 1. The summed E-state index contributed by atoms with van der Waals surface area (Å²) in [7, 11) is 4.74. The SMILES string of the molecule is COc1cc(OC)c(C(N)c2ccc(C)o2)cc1OC. The van der Waals surface area contributed by atoms with Gasteiger partial charge in [0.05, 0.1) is 27.4 Å². The predicted molar refractivity (Wildman–Crippen MR) is 75.6 cm³/mol. The lowest BCUT2D eigenvalue weighted by Crippen LogP contribution is -2.12. The summed E-state index contributed by atoms with van der Waals surface area (Å²) in [5, 5.41) is 0. The Morgan fingerprint density at radius 1 is 0.950 bits per heavy atom. The molecule has 0 bridgehead atoms. The highest BCUT2D eigenvalue weighted by atomic mass is 16.5. The van der Waals surface area contributed by atoms with E-state index in [0.29, 0.717) is 23.0 Å². The van der Waals surface area contributed by atoms with Crippen molar-refractivity contribution in [2.45, 2.75) is 13.0 Å². The van der Waals surface area contributed by atoms with Crippen molar-refractivity contribution < 1.29 is 18.6 Å². The Hall–Kier alpha value is -2.14. The maximum Gasteiger partial charge on any atom is 0.164 e. The molecule has 0 aliphatic rings. The van der Waals surface area contributed by atoms with Crippen molar-refractivity contribution in [1.82, 2.24) is 0 Å². The van der Waals surface area contributed by atoms with E-state index in [4.69, 9.17) is 24.4 Å². The topological polar surface area (TPSA) is 66.9 Å². The van der Waals surface area contributed by atoms with Gasteiger partial charge in [-0.1, -0.05) is 0 Å². The number of aryl methyl sites for hydroxylation is 1. The lowest BCUT2D eigenvalue weighted by Gasteiger charge is -2.17. The first-order valence-corrected chi connectivity index (χ1v) is 6.22. The van der Waals surface area contributed by atoms with Crippen LogP contribution >= 0.6 is 0 Å². The fourth-order valence-corrected chi connectivity index (χ4v) is 2.07. The predicted octanol–water partition coefficient (Wildman–Crippen LogP) is 2.66. The van der Waals surface area contributed by atoms with Crippen LogP contribution in [-0.4, -0.2) is 21.3 Å². The summed E-state index contributed by atoms with van der Waals surface area (Å²) in [6, 6.07) is 6.86. The Kier molecular flexibility index (Phi) is 4.20. The Morgan fingerprint density at radius 2 is 1.55 bits per heavy atom. The number of hydrogen-bond acceptors (Lipinski definition) is 5. The molecule has 2 aromatic rings. The molecule has 1 atom stereocenters. The van der Waals surface area contributed by atoms with E-state index in [-0.39, 0.29) is 0 Å². The third-order valence-corrected chi connectivity index (χ3v) is 3.14. The van der Waals surface area contributed by atoms with E-state index >= 15 is 0 Å². The second-order valence-electron chi connectivity index (χ2n) is 4.38. The molecule has 0 aliphatic heterocycles. The van der Waals surface area contributed by atoms with Gasteiger partial charge in [-0.2, -0.15) is 0 Å². The van der Waals surface area contributed by atoms with Gasteiger partial charge in [-0.05, 0) is 25.1 Å². The Bertz CT molecular complexity index is 592. The van der Waals surface area contributed by atoms with Crippen molar-refractivity contribution >= 4 is 0 Å². The number of furan rings is 1. The molecule has 108 valence electrons. The number of rotatable bonds is 5. The van der Waals surface area contributed by atoms with Gasteiger partial charge in [-0.25, -0.2) is 0 Å². The van der Waals surface area contributed by atoms with Crippen LogP contribution in [0, 0.1) is 6.92 Å². The Morgan fingerprint density at radius 3 is 2.05 bits per heavy atom. The molecule has 0 amide bonds. The lowest BCUT2D eigenvalue weighted by atomic mass is 10.0. The highest BCUT2D eigenvalue weighted by Crippen LogP contribution is 2.38. The van der Waals surface area contributed by atoms with Crippen molar-refractivity contribution in [3.63, 3.8) is 0 Å². The van der Waals surface area contributed by atoms with Gasteiger partial charge in [0, 0.05) is 11.6 Å². The molecule has 0 saturated carbocycles. The van der Waals surface area contributed by atoms with Gasteiger partial charge in [-0.15, -0.1) is 0 Å². The van der Waals surface area contributed by atoms with Crippen LogP contribution in [0.5, 0.6) is 17.2 Å². The van der Waals surface area contributed by atoms with E-state index < -0.39 is 6.04 Å². The first-order chi connectivity index (χ1) is 9.60. The van der Waals surface area contributed by atoms with Crippen LogP contribution in [0.3, 0.4) is 0 Å². The molecule has 2 N–H and O–H groups in total. The summed E-state index contributed by atoms with van der Waals surface area (Å²) >= 11 is 0. The standard InChI is InChI=1S/C15H19NO4/c1-9-5-6-11(20-9)15(16)10-7-13(18-3)14(19-4)8-12(10)17-2/h5-8,15H,16H2,1-4H3. The molecule has 1 aromatic carbocycles. The minimum absolute atomic E-state index is 0.432. The Labute approximate surface area is 118 Å². The minimum Gasteiger partial charge on any atom is -0.496 e. The van der Waals surface area contributed by atoms with Crippen LogP contribution in [0.1, 0.15) is 23.1 Å². The van der Waals surface area contributed by atoms with Gasteiger partial charge < -0.3 is 24.4 Å². The maximum atomic E-state index is 6.25. The molecule has 0 aliphatic carbocycles. The van der Waals surface area contributed by atoms with E-state index in [1.807, 2.05) is 19.1 Å². The lowest BCUT2D eigenvalue weighted by molar-refractivity contribution is 0.346. The van der Waals surface area contributed by atoms with E-state index in [0.717, 1.165) is 11.3 Å². The van der Waals surface area contributed by atoms with Gasteiger partial charge >= 0.3 is 0 Å². The van der Waals surface area contributed by atoms with Crippen LogP contribution in [-0.2, 0) is 0 Å². The van der Waals surface area contributed by atoms with E-state index in [1.54, 1.807) is 33.5 Å². The van der Waals surface area contributed by atoms with Crippen molar-refractivity contribution in [2.24, 2.45) is 5.73 Å². The van der Waals surface area contributed by atoms with Gasteiger partial charge in [0.15, 0.2) is 11.5 Å². The maximum absolute atomic E-state index is 6.25. The van der Waals surface area contributed by atoms with E-state index in [9.17, 15) is 0 Å². The summed E-state index contributed by atoms with van der Waals surface area (Å²) in [6.07, 6.45) is 0. The molecule has 1 unspecified atom stereocenters. The van der Waals surface area contributed by atoms with Gasteiger partial charge in [0.25, 0.3) is 0 Å². The summed E-state index contributed by atoms with van der Waals surface area (Å²) < 4.78 is 21.5. The normalized spacial score (nSPS) is 12.1. The highest BCUT2D eigenvalue weighted by Gasteiger charge is 2.20. The van der Waals surface area contributed by atoms with Gasteiger partial charge in [0.1, 0.15) is 17.3 Å². The smallest absolute Gasteiger partial charge is 0.164 e. The van der Waals surface area contributed by atoms with Crippen LogP contribution in [0.2, 0.25) is 0 Å². The summed E-state index contributed by atoms with van der Waals surface area (Å²) in [5.74, 6) is 3.31. The monoisotopic (exact) mass is 277 g/mol. The number of nitrogens with two attached hydrogens (primary N) is 1. The first kappa shape index (κ1) is 14.3. The molecular formula is C15H19NO4. The van der Waals surface area contributed by atoms with Crippen LogP contribution in [0.25, 0.3) is 0 Å². The zero-order chi connectivity index (χ0) is 14.7. The van der Waals surface area contributed by atoms with Crippen molar-refractivity contribution in [3.8, 4) is 17.2 Å². The fourth-order valence-electron chi connectivity index (χ4n) is 2.07. The molecule has 2 rings (SSSR count). The molecular weight excluding hydrogens is 258 g/mol. The number of methoxy groups -OCH3 is 3. The second-order valence-corrected chi connectivity index (χ2v) is 4.38. The fraction of sp³-hybridized carbons (Fsp3) is 0.333. The quantitative estimate of drug-likeness (QED) is 0.910. The van der Waals surface area contributed by atoms with Crippen molar-refractivity contribution in [3.05, 3.63) is 41.3 Å². The molecule has 5 heteroatoms. The van der Waals surface area contributed by atoms with E-state index in [1.165, 1.54) is 0 Å².